The summed E-state index contributed by atoms with van der Waals surface area (Å²) in [6.45, 7) is 0. The van der Waals surface area contributed by atoms with Crippen molar-refractivity contribution in [3.05, 3.63) is 0 Å². The Bertz CT molecular complexity index is 47.0. The van der Waals surface area contributed by atoms with Crippen LogP contribution in [0.25, 0.3) is 0 Å². The van der Waals surface area contributed by atoms with E-state index in [0.29, 0.717) is 0 Å². The van der Waals surface area contributed by atoms with Crippen LogP contribution in [0.2, 0.25) is 0 Å². The predicted molar refractivity (Wildman–Crippen MR) is 14.9 cm³/mol. The van der Waals surface area contributed by atoms with E-state index >= 15 is 0 Å². The molecule has 0 aliphatic heterocycles. The fraction of sp³-hybridized carbons (Fsp3) is 0. The van der Waals surface area contributed by atoms with E-state index < -0.39 is 6.16 Å². The molecular formula is CHAlNaO4+3. The van der Waals surface area contributed by atoms with Crippen LogP contribution in [0.4, 0.5) is 4.79 Å². The van der Waals surface area contributed by atoms with E-state index in [0.717, 1.165) is 0 Å². The van der Waals surface area contributed by atoms with E-state index in [2.05, 4.69) is 4.89 Å². The van der Waals surface area contributed by atoms with Crippen LogP contribution in [0.15, 0.2) is 0 Å². The molecule has 0 aliphatic carbocycles. The molecule has 0 unspecified atom stereocenters. The van der Waals surface area contributed by atoms with Gasteiger partial charge in [-0.25, -0.2) is 0 Å². The second kappa shape index (κ2) is 9.90. The summed E-state index contributed by atoms with van der Waals surface area (Å²) in [5.41, 5.74) is 0. The molecule has 0 aromatic carbocycles. The first kappa shape index (κ1) is 15.7. The summed E-state index contributed by atoms with van der Waals surface area (Å²) >= 11 is 0. The maximum Gasteiger partial charge on any atom is 3.00 e. The topological polar surface area (TPSA) is 69.6 Å². The minimum Gasteiger partial charge on any atom is -0.424 e. The normalized spacial score (nSPS) is 4.71. The zero-order chi connectivity index (χ0) is 4.28. The van der Waals surface area contributed by atoms with Gasteiger partial charge in [0.2, 0.25) is 0 Å². The van der Waals surface area contributed by atoms with Crippen molar-refractivity contribution in [1.82, 2.24) is 0 Å². The molecule has 0 aromatic heterocycles. The van der Waals surface area contributed by atoms with Gasteiger partial charge in [0.15, 0.2) is 0 Å². The standard InChI is InChI=1S/CH2O4.Al.Na/c2-1(3)5-4;;/h4H,(H,2,3);;/q;+3;+1/p-1. The molecule has 0 rings (SSSR count). The fourth-order valence-electron chi connectivity index (χ4n) is 0. The van der Waals surface area contributed by atoms with Gasteiger partial charge >= 0.3 is 46.9 Å². The third kappa shape index (κ3) is 20.1. The van der Waals surface area contributed by atoms with Crippen molar-refractivity contribution >= 4 is 23.5 Å². The molecule has 0 aromatic rings. The molecule has 0 atom stereocenters. The first-order valence-corrected chi connectivity index (χ1v) is 0.795. The molecule has 7 heavy (non-hydrogen) atoms. The van der Waals surface area contributed by atoms with Crippen LogP contribution >= 0.6 is 0 Å². The van der Waals surface area contributed by atoms with Gasteiger partial charge in [0, 0.05) is 0 Å². The average molecular weight is 127 g/mol. The summed E-state index contributed by atoms with van der Waals surface area (Å²) in [5, 5.41) is 15.8. The maximum atomic E-state index is 8.78. The van der Waals surface area contributed by atoms with Gasteiger partial charge in [0.25, 0.3) is 6.16 Å². The van der Waals surface area contributed by atoms with E-state index in [-0.39, 0.29) is 46.9 Å². The van der Waals surface area contributed by atoms with Crippen molar-refractivity contribution in [2.75, 3.05) is 0 Å². The minimum absolute atomic E-state index is 0. The van der Waals surface area contributed by atoms with Gasteiger partial charge in [-0.15, -0.1) is 0 Å². The van der Waals surface area contributed by atoms with Crippen molar-refractivity contribution in [3.63, 3.8) is 0 Å². The smallest absolute Gasteiger partial charge is 0.424 e. The largest absolute Gasteiger partial charge is 3.00 e. The van der Waals surface area contributed by atoms with E-state index in [1.54, 1.807) is 0 Å². The Balaban J connectivity index is -0.0000000800. The second-order valence-electron chi connectivity index (χ2n) is 0.341. The van der Waals surface area contributed by atoms with Gasteiger partial charge in [0.05, 0.1) is 0 Å². The van der Waals surface area contributed by atoms with Crippen molar-refractivity contribution in [1.29, 1.82) is 0 Å². The molecular weight excluding hydrogens is 126 g/mol. The monoisotopic (exact) mass is 127 g/mol. The van der Waals surface area contributed by atoms with Gasteiger partial charge in [-0.3, -0.25) is 5.26 Å². The first-order chi connectivity index (χ1) is 2.27. The van der Waals surface area contributed by atoms with Crippen LogP contribution in [0.5, 0.6) is 0 Å². The van der Waals surface area contributed by atoms with Gasteiger partial charge in [-0.05, 0) is 0 Å². The summed E-state index contributed by atoms with van der Waals surface area (Å²) in [7, 11) is 0. The number of carboxylic acid groups (broad SMARTS) is 1. The SMILES string of the molecule is O=C([O-])OO.[Al+3].[Na+]. The molecule has 0 heterocycles. The second-order valence-corrected chi connectivity index (χ2v) is 0.341. The molecule has 0 saturated heterocycles. The zero-order valence-electron chi connectivity index (χ0n) is 3.75. The van der Waals surface area contributed by atoms with Crippen LogP contribution in [0, 0.1) is 0 Å². The summed E-state index contributed by atoms with van der Waals surface area (Å²) in [6.07, 6.45) is -1.94. The Hall–Kier alpha value is 0.762. The van der Waals surface area contributed by atoms with Crippen molar-refractivity contribution in [2.24, 2.45) is 0 Å². The molecule has 0 spiro atoms. The van der Waals surface area contributed by atoms with E-state index in [9.17, 15) is 0 Å². The molecule has 1 N–H and O–H groups in total. The van der Waals surface area contributed by atoms with Gasteiger partial charge in [-0.2, -0.15) is 0 Å². The Kier molecular flexibility index (Phi) is 22.1. The summed E-state index contributed by atoms with van der Waals surface area (Å²) in [5.74, 6) is 0. The summed E-state index contributed by atoms with van der Waals surface area (Å²) in [6, 6.07) is 0. The predicted octanol–water partition coefficient (Wildman–Crippen LogP) is -4.56. The summed E-state index contributed by atoms with van der Waals surface area (Å²) < 4.78 is 0. The molecule has 0 aliphatic rings. The molecule has 0 bridgehead atoms. The van der Waals surface area contributed by atoms with Gasteiger partial charge in [0.1, 0.15) is 0 Å². The average Bonchev–Trinajstić information content (AvgIpc) is 1.38. The third-order valence-corrected chi connectivity index (χ3v) is 0.0745. The molecule has 0 fully saturated rings. The maximum absolute atomic E-state index is 8.78. The zero-order valence-corrected chi connectivity index (χ0v) is 6.90. The van der Waals surface area contributed by atoms with Crippen LogP contribution in [0.3, 0.4) is 0 Å². The number of hydrogen-bond donors (Lipinski definition) is 1. The Labute approximate surface area is 72.8 Å². The van der Waals surface area contributed by atoms with Gasteiger partial charge in [-0.1, -0.05) is 0 Å². The molecule has 4 nitrogen and oxygen atoms in total. The van der Waals surface area contributed by atoms with Crippen LogP contribution in [0.1, 0.15) is 0 Å². The Morgan fingerprint density at radius 2 is 1.86 bits per heavy atom. The number of hydrogen-bond acceptors (Lipinski definition) is 4. The molecule has 0 saturated carbocycles. The summed E-state index contributed by atoms with van der Waals surface area (Å²) in [4.78, 5) is 11.3. The minimum atomic E-state index is -1.94. The van der Waals surface area contributed by atoms with E-state index in [1.165, 1.54) is 0 Å². The van der Waals surface area contributed by atoms with E-state index in [4.69, 9.17) is 15.2 Å². The molecule has 6 heteroatoms. The van der Waals surface area contributed by atoms with Crippen molar-refractivity contribution < 1.29 is 49.6 Å². The van der Waals surface area contributed by atoms with E-state index in [1.807, 2.05) is 0 Å². The fourth-order valence-corrected chi connectivity index (χ4v) is 0. The van der Waals surface area contributed by atoms with Crippen molar-refractivity contribution in [3.8, 4) is 0 Å². The molecule has 0 amide bonds. The van der Waals surface area contributed by atoms with Crippen LogP contribution in [-0.4, -0.2) is 28.8 Å². The molecule has 0 radical (unpaired) electrons. The first-order valence-electron chi connectivity index (χ1n) is 0.795. The van der Waals surface area contributed by atoms with Crippen LogP contribution < -0.4 is 34.7 Å². The Morgan fingerprint density at radius 3 is 1.86 bits per heavy atom. The molecule has 30 valence electrons. The van der Waals surface area contributed by atoms with Gasteiger partial charge < -0.3 is 14.8 Å². The number of carbonyl (C=O) groups is 1. The number of rotatable bonds is 0. The number of carbonyl (C=O) groups excluding carboxylic acids is 1. The third-order valence-electron chi connectivity index (χ3n) is 0.0745. The van der Waals surface area contributed by atoms with Crippen LogP contribution in [-0.2, 0) is 4.89 Å². The Morgan fingerprint density at radius 1 is 1.71 bits per heavy atom. The quantitative estimate of drug-likeness (QED) is 0.202. The van der Waals surface area contributed by atoms with Crippen molar-refractivity contribution in [2.45, 2.75) is 0 Å².